The Labute approximate surface area is 185 Å². The van der Waals surface area contributed by atoms with E-state index in [1.165, 1.54) is 0 Å². The number of ether oxygens (including phenoxy) is 1. The van der Waals surface area contributed by atoms with Crippen molar-refractivity contribution < 1.29 is 14.3 Å². The third kappa shape index (κ3) is 5.77. The first-order valence-corrected chi connectivity index (χ1v) is 10.4. The number of carbonyl (C=O) groups is 2. The molecule has 0 heterocycles. The molecule has 3 N–H and O–H groups in total. The van der Waals surface area contributed by atoms with Crippen LogP contribution in [0.5, 0.6) is 11.5 Å². The average Bonchev–Trinajstić information content (AvgIpc) is 3.59. The summed E-state index contributed by atoms with van der Waals surface area (Å²) in [5, 5.41) is 9.34. The molecule has 0 unspecified atom stereocenters. The van der Waals surface area contributed by atoms with E-state index in [0.717, 1.165) is 12.8 Å². The van der Waals surface area contributed by atoms with Gasteiger partial charge in [-0.25, -0.2) is 0 Å². The fourth-order valence-corrected chi connectivity index (χ4v) is 3.14. The molecule has 1 fully saturated rings. The third-order valence-electron chi connectivity index (χ3n) is 4.70. The quantitative estimate of drug-likeness (QED) is 0.461. The maximum Gasteiger partial charge on any atom is 0.251 e. The van der Waals surface area contributed by atoms with Gasteiger partial charge in [-0.05, 0) is 55.3 Å². The monoisotopic (exact) mass is 435 g/mol. The zero-order valence-electron chi connectivity index (χ0n) is 16.7. The Morgan fingerprint density at radius 3 is 2.45 bits per heavy atom. The Balaban J connectivity index is 1.36. The number of carbonyl (C=O) groups excluding carboxylic acids is 2. The highest BCUT2D eigenvalue weighted by Gasteiger charge is 2.23. The topological polar surface area (TPSA) is 79.5 Å². The number of nitrogens with one attached hydrogen (secondary N) is 3. The number of para-hydroxylation sites is 3. The molecule has 1 aliphatic carbocycles. The summed E-state index contributed by atoms with van der Waals surface area (Å²) in [5.74, 6) is 0.723. The molecule has 4 rings (SSSR count). The SMILES string of the molecule is O=C(CNc1ccccc1Oc1ccccc1Cl)Nc1cccc(C(=O)NC2CC2)c1. The van der Waals surface area contributed by atoms with E-state index < -0.39 is 0 Å². The predicted octanol–water partition coefficient (Wildman–Crippen LogP) is 5.08. The van der Waals surface area contributed by atoms with Crippen molar-refractivity contribution in [3.8, 4) is 11.5 Å². The normalized spacial score (nSPS) is 12.7. The Kier molecular flexibility index (Phi) is 6.38. The lowest BCUT2D eigenvalue weighted by Gasteiger charge is -2.14. The molecule has 6 nitrogen and oxygen atoms in total. The fourth-order valence-electron chi connectivity index (χ4n) is 2.96. The van der Waals surface area contributed by atoms with Gasteiger partial charge in [0.1, 0.15) is 5.75 Å². The number of rotatable bonds is 8. The first kappa shape index (κ1) is 20.8. The van der Waals surface area contributed by atoms with E-state index in [0.29, 0.717) is 33.5 Å². The molecule has 0 radical (unpaired) electrons. The molecule has 0 saturated heterocycles. The minimum absolute atomic E-state index is 0.0292. The largest absolute Gasteiger partial charge is 0.454 e. The highest BCUT2D eigenvalue weighted by molar-refractivity contribution is 6.32. The first-order chi connectivity index (χ1) is 15.1. The number of amides is 2. The van der Waals surface area contributed by atoms with Crippen LogP contribution in [-0.2, 0) is 4.79 Å². The second-order valence-corrected chi connectivity index (χ2v) is 7.67. The lowest BCUT2D eigenvalue weighted by Crippen LogP contribution is -2.26. The summed E-state index contributed by atoms with van der Waals surface area (Å²) in [4.78, 5) is 24.6. The number of hydrogen-bond donors (Lipinski definition) is 3. The van der Waals surface area contributed by atoms with E-state index in [9.17, 15) is 9.59 Å². The molecule has 158 valence electrons. The molecule has 0 aliphatic heterocycles. The maximum atomic E-state index is 12.4. The van der Waals surface area contributed by atoms with E-state index in [2.05, 4.69) is 16.0 Å². The lowest BCUT2D eigenvalue weighted by molar-refractivity contribution is -0.114. The zero-order chi connectivity index (χ0) is 21.6. The Morgan fingerprint density at radius 2 is 1.68 bits per heavy atom. The molecule has 0 spiro atoms. The van der Waals surface area contributed by atoms with Crippen molar-refractivity contribution in [3.63, 3.8) is 0 Å². The number of benzene rings is 3. The molecule has 0 aromatic heterocycles. The van der Waals surface area contributed by atoms with E-state index in [-0.39, 0.29) is 24.4 Å². The van der Waals surface area contributed by atoms with E-state index in [1.54, 1.807) is 42.5 Å². The number of halogens is 1. The summed E-state index contributed by atoms with van der Waals surface area (Å²) in [6, 6.07) is 21.7. The van der Waals surface area contributed by atoms with Crippen molar-refractivity contribution in [1.82, 2.24) is 5.32 Å². The van der Waals surface area contributed by atoms with Crippen LogP contribution in [0.2, 0.25) is 5.02 Å². The van der Waals surface area contributed by atoms with Gasteiger partial charge < -0.3 is 20.7 Å². The van der Waals surface area contributed by atoms with Gasteiger partial charge >= 0.3 is 0 Å². The molecule has 1 saturated carbocycles. The summed E-state index contributed by atoms with van der Waals surface area (Å²) < 4.78 is 5.90. The summed E-state index contributed by atoms with van der Waals surface area (Å²) in [7, 11) is 0. The second kappa shape index (κ2) is 9.53. The molecule has 7 heteroatoms. The molecule has 3 aromatic rings. The second-order valence-electron chi connectivity index (χ2n) is 7.26. The first-order valence-electron chi connectivity index (χ1n) is 10.0. The van der Waals surface area contributed by atoms with Crippen molar-refractivity contribution in [1.29, 1.82) is 0 Å². The summed E-state index contributed by atoms with van der Waals surface area (Å²) >= 11 is 6.17. The van der Waals surface area contributed by atoms with Crippen LogP contribution >= 0.6 is 11.6 Å². The minimum Gasteiger partial charge on any atom is -0.454 e. The van der Waals surface area contributed by atoms with Crippen LogP contribution in [0.1, 0.15) is 23.2 Å². The van der Waals surface area contributed by atoms with Crippen LogP contribution in [0.15, 0.2) is 72.8 Å². The highest BCUT2D eigenvalue weighted by atomic mass is 35.5. The third-order valence-corrected chi connectivity index (χ3v) is 5.02. The van der Waals surface area contributed by atoms with E-state index >= 15 is 0 Å². The molecule has 2 amide bonds. The van der Waals surface area contributed by atoms with Crippen molar-refractivity contribution in [2.24, 2.45) is 0 Å². The van der Waals surface area contributed by atoms with Crippen LogP contribution in [0.25, 0.3) is 0 Å². The summed E-state index contributed by atoms with van der Waals surface area (Å²) in [6.45, 7) is 0.0292. The van der Waals surface area contributed by atoms with E-state index in [4.69, 9.17) is 16.3 Å². The Bertz CT molecular complexity index is 1100. The highest BCUT2D eigenvalue weighted by Crippen LogP contribution is 2.33. The van der Waals surface area contributed by atoms with Crippen LogP contribution in [0.3, 0.4) is 0 Å². The van der Waals surface area contributed by atoms with Gasteiger partial charge in [0.2, 0.25) is 5.91 Å². The molecule has 1 aliphatic rings. The molecule has 3 aromatic carbocycles. The molecular weight excluding hydrogens is 414 g/mol. The van der Waals surface area contributed by atoms with Crippen molar-refractivity contribution >= 4 is 34.8 Å². The van der Waals surface area contributed by atoms with Gasteiger partial charge in [-0.15, -0.1) is 0 Å². The lowest BCUT2D eigenvalue weighted by atomic mass is 10.2. The molecule has 31 heavy (non-hydrogen) atoms. The van der Waals surface area contributed by atoms with Crippen molar-refractivity contribution in [3.05, 3.63) is 83.4 Å². The van der Waals surface area contributed by atoms with Gasteiger partial charge in [0, 0.05) is 17.3 Å². The maximum absolute atomic E-state index is 12.4. The van der Waals surface area contributed by atoms with Crippen LogP contribution in [0, 0.1) is 0 Å². The molecular formula is C24H22ClN3O3. The zero-order valence-corrected chi connectivity index (χ0v) is 17.5. The summed E-state index contributed by atoms with van der Waals surface area (Å²) in [5.41, 5.74) is 1.75. The summed E-state index contributed by atoms with van der Waals surface area (Å²) in [6.07, 6.45) is 2.05. The Morgan fingerprint density at radius 1 is 0.935 bits per heavy atom. The van der Waals surface area contributed by atoms with Crippen LogP contribution in [0.4, 0.5) is 11.4 Å². The van der Waals surface area contributed by atoms with Crippen molar-refractivity contribution in [2.45, 2.75) is 18.9 Å². The van der Waals surface area contributed by atoms with Gasteiger partial charge in [0.05, 0.1) is 17.3 Å². The van der Waals surface area contributed by atoms with Gasteiger partial charge in [-0.1, -0.05) is 41.9 Å². The molecule has 0 atom stereocenters. The van der Waals surface area contributed by atoms with Crippen molar-refractivity contribution in [2.75, 3.05) is 17.2 Å². The number of hydrogen-bond acceptors (Lipinski definition) is 4. The number of anilines is 2. The minimum atomic E-state index is -0.243. The van der Waals surface area contributed by atoms with Gasteiger partial charge in [0.25, 0.3) is 5.91 Å². The van der Waals surface area contributed by atoms with E-state index in [1.807, 2.05) is 30.3 Å². The Hall–Kier alpha value is -3.51. The standard InChI is InChI=1S/C24H22ClN3O3/c25-19-8-1-3-10-21(19)31-22-11-4-2-9-20(22)26-15-23(29)27-18-7-5-6-16(14-18)24(30)28-17-12-13-17/h1-11,14,17,26H,12-13,15H2,(H,27,29)(H,28,30). The van der Waals surface area contributed by atoms with Crippen LogP contribution in [-0.4, -0.2) is 24.4 Å². The predicted molar refractivity (Wildman–Crippen MR) is 122 cm³/mol. The fraction of sp³-hybridized carbons (Fsp3) is 0.167. The molecule has 0 bridgehead atoms. The van der Waals surface area contributed by atoms with Gasteiger partial charge in [0.15, 0.2) is 5.75 Å². The smallest absolute Gasteiger partial charge is 0.251 e. The van der Waals surface area contributed by atoms with Gasteiger partial charge in [-0.3, -0.25) is 9.59 Å². The average molecular weight is 436 g/mol. The van der Waals surface area contributed by atoms with Crippen LogP contribution < -0.4 is 20.7 Å². The van der Waals surface area contributed by atoms with Gasteiger partial charge in [-0.2, -0.15) is 0 Å².